The Hall–Kier alpha value is -1.55. The van der Waals surface area contributed by atoms with Crippen molar-refractivity contribution in [3.8, 4) is 0 Å². The fourth-order valence-corrected chi connectivity index (χ4v) is 0.734. The highest BCUT2D eigenvalue weighted by molar-refractivity contribution is 5.72. The van der Waals surface area contributed by atoms with Gasteiger partial charge < -0.3 is 15.9 Å². The van der Waals surface area contributed by atoms with E-state index in [0.29, 0.717) is 0 Å². The Kier molecular flexibility index (Phi) is 4.48. The van der Waals surface area contributed by atoms with E-state index in [9.17, 15) is 4.79 Å². The van der Waals surface area contributed by atoms with Crippen LogP contribution in [-0.4, -0.2) is 23.1 Å². The van der Waals surface area contributed by atoms with Crippen molar-refractivity contribution < 1.29 is 15.4 Å². The Bertz CT molecular complexity index is 235. The van der Waals surface area contributed by atoms with E-state index in [-0.39, 0.29) is 12.0 Å². The molecule has 4 heteroatoms. The largest absolute Gasteiger partial charge is 0.480 e. The second-order valence-electron chi connectivity index (χ2n) is 2.11. The highest BCUT2D eigenvalue weighted by Crippen LogP contribution is 2.03. The number of rotatable bonds is 3. The molecule has 0 unspecified atom stereocenters. The average Bonchev–Trinajstić information content (AvgIpc) is 2.03. The maximum Gasteiger partial charge on any atom is 0.322 e. The van der Waals surface area contributed by atoms with Gasteiger partial charge in [0, 0.05) is 5.69 Å². The van der Waals surface area contributed by atoms with Gasteiger partial charge in [-0.15, -0.1) is 0 Å². The molecule has 0 aliphatic heterocycles. The minimum absolute atomic E-state index is 0. The summed E-state index contributed by atoms with van der Waals surface area (Å²) in [6.07, 6.45) is 0. The quantitative estimate of drug-likeness (QED) is 0.685. The minimum Gasteiger partial charge on any atom is -0.480 e. The van der Waals surface area contributed by atoms with E-state index in [2.05, 4.69) is 5.32 Å². The molecule has 0 fully saturated rings. The number of benzene rings is 1. The van der Waals surface area contributed by atoms with Gasteiger partial charge >= 0.3 is 5.97 Å². The molecule has 0 aromatic heterocycles. The van der Waals surface area contributed by atoms with Gasteiger partial charge in [0.1, 0.15) is 6.54 Å². The van der Waals surface area contributed by atoms with E-state index >= 15 is 0 Å². The zero-order valence-corrected chi connectivity index (χ0v) is 6.45. The van der Waals surface area contributed by atoms with E-state index in [4.69, 9.17) is 5.11 Å². The van der Waals surface area contributed by atoms with Crippen molar-refractivity contribution in [1.82, 2.24) is 0 Å². The third kappa shape index (κ3) is 3.58. The number of aliphatic carboxylic acids is 1. The topological polar surface area (TPSA) is 80.8 Å². The van der Waals surface area contributed by atoms with Crippen LogP contribution in [-0.2, 0) is 4.79 Å². The third-order valence-electron chi connectivity index (χ3n) is 1.22. The number of carboxylic acid groups (broad SMARTS) is 1. The van der Waals surface area contributed by atoms with Gasteiger partial charge in [-0.3, -0.25) is 4.79 Å². The van der Waals surface area contributed by atoms with E-state index in [1.165, 1.54) is 0 Å². The van der Waals surface area contributed by atoms with Crippen LogP contribution in [0.5, 0.6) is 0 Å². The molecule has 0 saturated heterocycles. The third-order valence-corrected chi connectivity index (χ3v) is 1.22. The molecule has 66 valence electrons. The molecule has 1 aromatic rings. The average molecular weight is 169 g/mol. The van der Waals surface area contributed by atoms with Gasteiger partial charge in [0.2, 0.25) is 0 Å². The van der Waals surface area contributed by atoms with Crippen LogP contribution in [0.4, 0.5) is 5.69 Å². The number of carbonyl (C=O) groups is 1. The Labute approximate surface area is 70.1 Å². The summed E-state index contributed by atoms with van der Waals surface area (Å²) in [6, 6.07) is 9.23. The molecule has 1 aromatic carbocycles. The smallest absolute Gasteiger partial charge is 0.322 e. The number of hydrogen-bond acceptors (Lipinski definition) is 2. The minimum atomic E-state index is -0.853. The first-order valence-corrected chi connectivity index (χ1v) is 3.30. The molecule has 1 rings (SSSR count). The van der Waals surface area contributed by atoms with Crippen molar-refractivity contribution in [2.75, 3.05) is 11.9 Å². The van der Waals surface area contributed by atoms with Gasteiger partial charge in [0.05, 0.1) is 0 Å². The van der Waals surface area contributed by atoms with Crippen molar-refractivity contribution in [1.29, 1.82) is 0 Å². The van der Waals surface area contributed by atoms with Gasteiger partial charge in [0.15, 0.2) is 0 Å². The maximum absolute atomic E-state index is 10.1. The lowest BCUT2D eigenvalue weighted by molar-refractivity contribution is -0.134. The molecule has 0 aliphatic rings. The van der Waals surface area contributed by atoms with Crippen molar-refractivity contribution in [2.24, 2.45) is 0 Å². The molecule has 4 N–H and O–H groups in total. The number of hydrogen-bond donors (Lipinski definition) is 2. The van der Waals surface area contributed by atoms with Crippen LogP contribution in [0.25, 0.3) is 0 Å². The number of nitrogens with one attached hydrogen (secondary N) is 1. The lowest BCUT2D eigenvalue weighted by Gasteiger charge is -2.00. The van der Waals surface area contributed by atoms with Crippen LogP contribution >= 0.6 is 0 Å². The van der Waals surface area contributed by atoms with Crippen LogP contribution in [0.2, 0.25) is 0 Å². The van der Waals surface area contributed by atoms with Gasteiger partial charge in [-0.2, -0.15) is 0 Å². The molecule has 0 amide bonds. The summed E-state index contributed by atoms with van der Waals surface area (Å²) in [7, 11) is 0. The first-order chi connectivity index (χ1) is 5.29. The maximum atomic E-state index is 10.1. The molecule has 4 nitrogen and oxygen atoms in total. The summed E-state index contributed by atoms with van der Waals surface area (Å²) in [5.41, 5.74) is 0.829. The summed E-state index contributed by atoms with van der Waals surface area (Å²) in [6.45, 7) is -0.0377. The van der Waals surface area contributed by atoms with E-state index in [1.54, 1.807) is 0 Å². The molecule has 0 atom stereocenters. The summed E-state index contributed by atoms with van der Waals surface area (Å²) in [5, 5.41) is 11.1. The molecule has 0 aliphatic carbocycles. The second-order valence-corrected chi connectivity index (χ2v) is 2.11. The van der Waals surface area contributed by atoms with Crippen LogP contribution in [0, 0.1) is 0 Å². The van der Waals surface area contributed by atoms with Gasteiger partial charge in [-0.05, 0) is 12.1 Å². The lowest BCUT2D eigenvalue weighted by atomic mass is 10.3. The summed E-state index contributed by atoms with van der Waals surface area (Å²) in [4.78, 5) is 10.1. The number of carboxylic acids is 1. The van der Waals surface area contributed by atoms with Crippen LogP contribution in [0.1, 0.15) is 0 Å². The Balaban J connectivity index is 0.00000121. The summed E-state index contributed by atoms with van der Waals surface area (Å²) >= 11 is 0. The van der Waals surface area contributed by atoms with Crippen molar-refractivity contribution >= 4 is 11.7 Å². The van der Waals surface area contributed by atoms with Crippen LogP contribution < -0.4 is 5.32 Å². The van der Waals surface area contributed by atoms with E-state index in [1.807, 2.05) is 30.3 Å². The molecule has 0 saturated carbocycles. The Morgan fingerprint density at radius 3 is 2.42 bits per heavy atom. The van der Waals surface area contributed by atoms with E-state index < -0.39 is 5.97 Å². The van der Waals surface area contributed by atoms with Gasteiger partial charge in [-0.1, -0.05) is 18.2 Å². The fourth-order valence-electron chi connectivity index (χ4n) is 0.734. The molecule has 0 radical (unpaired) electrons. The van der Waals surface area contributed by atoms with E-state index in [0.717, 1.165) is 5.69 Å². The summed E-state index contributed by atoms with van der Waals surface area (Å²) < 4.78 is 0. The monoisotopic (exact) mass is 169 g/mol. The molecular weight excluding hydrogens is 158 g/mol. The molecule has 0 bridgehead atoms. The Morgan fingerprint density at radius 1 is 1.33 bits per heavy atom. The molecule has 0 heterocycles. The highest BCUT2D eigenvalue weighted by Gasteiger charge is 1.93. The van der Waals surface area contributed by atoms with Crippen molar-refractivity contribution in [3.63, 3.8) is 0 Å². The summed E-state index contributed by atoms with van der Waals surface area (Å²) in [5.74, 6) is -0.853. The molecule has 0 spiro atoms. The fraction of sp³-hybridized carbons (Fsp3) is 0.125. The van der Waals surface area contributed by atoms with Crippen molar-refractivity contribution in [3.05, 3.63) is 30.3 Å². The first kappa shape index (κ1) is 10.4. The predicted octanol–water partition coefficient (Wildman–Crippen LogP) is 0.358. The SMILES string of the molecule is O.O=C(O)CNc1ccccc1. The number of para-hydroxylation sites is 1. The van der Waals surface area contributed by atoms with Crippen LogP contribution in [0.3, 0.4) is 0 Å². The Morgan fingerprint density at radius 2 is 1.92 bits per heavy atom. The highest BCUT2D eigenvalue weighted by atomic mass is 16.4. The van der Waals surface area contributed by atoms with Gasteiger partial charge in [0.25, 0.3) is 0 Å². The second kappa shape index (κ2) is 5.15. The lowest BCUT2D eigenvalue weighted by Crippen LogP contribution is -2.11. The predicted molar refractivity (Wildman–Crippen MR) is 46.2 cm³/mol. The normalized spacial score (nSPS) is 8.33. The zero-order chi connectivity index (χ0) is 8.10. The molecule has 12 heavy (non-hydrogen) atoms. The molecular formula is C8H11NO3. The van der Waals surface area contributed by atoms with Crippen LogP contribution in [0.15, 0.2) is 30.3 Å². The van der Waals surface area contributed by atoms with Crippen molar-refractivity contribution in [2.45, 2.75) is 0 Å². The van der Waals surface area contributed by atoms with Gasteiger partial charge in [-0.25, -0.2) is 0 Å². The zero-order valence-electron chi connectivity index (χ0n) is 6.45. The first-order valence-electron chi connectivity index (χ1n) is 3.30. The standard InChI is InChI=1S/C8H9NO2.H2O/c10-8(11)6-9-7-4-2-1-3-5-7;/h1-5,9H,6H2,(H,10,11);1H2. The number of anilines is 1.